The van der Waals surface area contributed by atoms with Gasteiger partial charge in [-0.2, -0.15) is 0 Å². The van der Waals surface area contributed by atoms with Gasteiger partial charge < -0.3 is 14.9 Å². The molecule has 0 amide bonds. The van der Waals surface area contributed by atoms with Crippen LogP contribution in [0.2, 0.25) is 0 Å². The maximum atomic E-state index is 12.1. The summed E-state index contributed by atoms with van der Waals surface area (Å²) in [7, 11) is 0. The molecule has 27 heavy (non-hydrogen) atoms. The summed E-state index contributed by atoms with van der Waals surface area (Å²) in [6, 6.07) is 5.82. The van der Waals surface area contributed by atoms with Gasteiger partial charge in [-0.15, -0.1) is 0 Å². The highest BCUT2D eigenvalue weighted by Crippen LogP contribution is 2.61. The molecule has 3 aliphatic carbocycles. The zero-order valence-corrected chi connectivity index (χ0v) is 15.8. The molecule has 0 radical (unpaired) electrons. The van der Waals surface area contributed by atoms with Crippen LogP contribution in [-0.2, 0) is 20.7 Å². The Kier molecular flexibility index (Phi) is 4.65. The number of ether oxygens (including phenoxy) is 1. The van der Waals surface area contributed by atoms with E-state index < -0.39 is 5.97 Å². The van der Waals surface area contributed by atoms with E-state index in [0.717, 1.165) is 38.5 Å². The Morgan fingerprint density at radius 2 is 2.00 bits per heavy atom. The third-order valence-electron chi connectivity index (χ3n) is 7.44. The van der Waals surface area contributed by atoms with Crippen LogP contribution in [-0.4, -0.2) is 28.3 Å². The van der Waals surface area contributed by atoms with Crippen LogP contribution in [0.3, 0.4) is 0 Å². The van der Waals surface area contributed by atoms with Crippen molar-refractivity contribution >= 4 is 11.9 Å². The van der Waals surface area contributed by atoms with Crippen LogP contribution in [0.1, 0.15) is 68.9 Å². The van der Waals surface area contributed by atoms with Gasteiger partial charge in [-0.1, -0.05) is 13.0 Å². The minimum Gasteiger partial charge on any atom is -0.508 e. The second-order valence-corrected chi connectivity index (χ2v) is 8.79. The van der Waals surface area contributed by atoms with Crippen LogP contribution in [0.4, 0.5) is 0 Å². The van der Waals surface area contributed by atoms with E-state index in [4.69, 9.17) is 9.84 Å². The Morgan fingerprint density at radius 1 is 1.19 bits per heavy atom. The predicted molar refractivity (Wildman–Crippen MR) is 99.5 cm³/mol. The number of aryl methyl sites for hydroxylation is 1. The average molecular weight is 372 g/mol. The summed E-state index contributed by atoms with van der Waals surface area (Å²) >= 11 is 0. The Balaban J connectivity index is 1.49. The molecule has 0 unspecified atom stereocenters. The van der Waals surface area contributed by atoms with Crippen LogP contribution in [0.5, 0.6) is 5.75 Å². The normalized spacial score (nSPS) is 34.3. The smallest absolute Gasteiger partial charge is 0.306 e. The van der Waals surface area contributed by atoms with Crippen molar-refractivity contribution in [3.8, 4) is 5.75 Å². The second kappa shape index (κ2) is 6.84. The SMILES string of the molecule is C[C@]12CC[C@@H]3c4ccc(O)cc4CC[C@H]3[C@@H]1CC[C@@H]2OC(=O)CCC(=O)O. The van der Waals surface area contributed by atoms with Crippen LogP contribution >= 0.6 is 0 Å². The van der Waals surface area contributed by atoms with Crippen molar-refractivity contribution in [1.82, 2.24) is 0 Å². The van der Waals surface area contributed by atoms with Crippen LogP contribution in [0.25, 0.3) is 0 Å². The first-order valence-electron chi connectivity index (χ1n) is 10.1. The lowest BCUT2D eigenvalue weighted by molar-refractivity contribution is -0.159. The molecule has 2 N–H and O–H groups in total. The third kappa shape index (κ3) is 3.21. The van der Waals surface area contributed by atoms with Gasteiger partial charge in [0.2, 0.25) is 0 Å². The number of carboxylic acids is 1. The van der Waals surface area contributed by atoms with Crippen LogP contribution in [0, 0.1) is 17.3 Å². The number of fused-ring (bicyclic) bond motifs is 5. The highest BCUT2D eigenvalue weighted by Gasteiger charge is 2.56. The Hall–Kier alpha value is -2.04. The predicted octanol–water partition coefficient (Wildman–Crippen LogP) is 4.02. The van der Waals surface area contributed by atoms with E-state index in [2.05, 4.69) is 13.0 Å². The van der Waals surface area contributed by atoms with Crippen molar-refractivity contribution < 1.29 is 24.5 Å². The molecule has 1 aromatic carbocycles. The molecule has 0 spiro atoms. The van der Waals surface area contributed by atoms with Crippen LogP contribution in [0.15, 0.2) is 18.2 Å². The van der Waals surface area contributed by atoms with E-state index in [1.165, 1.54) is 11.1 Å². The molecule has 146 valence electrons. The first-order chi connectivity index (χ1) is 12.9. The summed E-state index contributed by atoms with van der Waals surface area (Å²) in [6.07, 6.45) is 5.88. The average Bonchev–Trinajstić information content (AvgIpc) is 2.96. The lowest BCUT2D eigenvalue weighted by Gasteiger charge is -2.50. The fourth-order valence-electron chi connectivity index (χ4n) is 6.14. The molecule has 2 fully saturated rings. The quantitative estimate of drug-likeness (QED) is 0.780. The number of esters is 1. The number of carbonyl (C=O) groups is 2. The first kappa shape index (κ1) is 18.3. The van der Waals surface area contributed by atoms with Gasteiger partial charge in [0.15, 0.2) is 0 Å². The number of carboxylic acid groups (broad SMARTS) is 1. The summed E-state index contributed by atoms with van der Waals surface area (Å²) in [5.41, 5.74) is 2.68. The summed E-state index contributed by atoms with van der Waals surface area (Å²) in [6.45, 7) is 2.27. The van der Waals surface area contributed by atoms with E-state index in [-0.39, 0.29) is 30.3 Å². The standard InChI is InChI=1S/C22H28O5/c1-22-11-10-16-15-5-3-14(23)12-13(15)2-4-17(16)18(22)6-7-19(22)27-21(26)9-8-20(24)25/h3,5,12,16-19,23H,2,4,6-11H2,1H3,(H,24,25)/t16-,17-,18+,19+,22+/m1/s1. The van der Waals surface area contributed by atoms with E-state index >= 15 is 0 Å². The molecule has 5 heteroatoms. The largest absolute Gasteiger partial charge is 0.508 e. The van der Waals surface area contributed by atoms with Gasteiger partial charge in [0, 0.05) is 5.41 Å². The van der Waals surface area contributed by atoms with Gasteiger partial charge in [0.1, 0.15) is 11.9 Å². The molecule has 0 aliphatic heterocycles. The van der Waals surface area contributed by atoms with Crippen LogP contribution < -0.4 is 0 Å². The molecule has 4 rings (SSSR count). The molecule has 0 bridgehead atoms. The van der Waals surface area contributed by atoms with Crippen molar-refractivity contribution in [2.45, 2.75) is 70.3 Å². The van der Waals surface area contributed by atoms with Gasteiger partial charge >= 0.3 is 11.9 Å². The highest BCUT2D eigenvalue weighted by molar-refractivity contribution is 5.76. The van der Waals surface area contributed by atoms with Crippen molar-refractivity contribution in [3.63, 3.8) is 0 Å². The summed E-state index contributed by atoms with van der Waals surface area (Å²) in [5.74, 6) is 0.681. The number of phenols is 1. The Bertz CT molecular complexity index is 757. The molecule has 0 aromatic heterocycles. The summed E-state index contributed by atoms with van der Waals surface area (Å²) in [5, 5.41) is 18.6. The number of rotatable bonds is 4. The van der Waals surface area contributed by atoms with Gasteiger partial charge in [0.05, 0.1) is 12.8 Å². The van der Waals surface area contributed by atoms with Gasteiger partial charge in [-0.05, 0) is 79.5 Å². The minimum absolute atomic E-state index is 0.00548. The number of aromatic hydroxyl groups is 1. The monoisotopic (exact) mass is 372 g/mol. The number of benzene rings is 1. The lowest BCUT2D eigenvalue weighted by Crippen LogP contribution is -2.45. The van der Waals surface area contributed by atoms with Crippen molar-refractivity contribution in [3.05, 3.63) is 29.3 Å². The highest BCUT2D eigenvalue weighted by atomic mass is 16.5. The number of phenolic OH excluding ortho intramolecular Hbond substituents is 1. The molecule has 0 saturated heterocycles. The number of aliphatic carboxylic acids is 1. The molecule has 0 heterocycles. The lowest BCUT2D eigenvalue weighted by atomic mass is 9.55. The Morgan fingerprint density at radius 3 is 2.78 bits per heavy atom. The Labute approximate surface area is 159 Å². The van der Waals surface area contributed by atoms with E-state index in [9.17, 15) is 14.7 Å². The first-order valence-corrected chi connectivity index (χ1v) is 10.1. The number of carbonyl (C=O) groups excluding carboxylic acids is 1. The van der Waals surface area contributed by atoms with Gasteiger partial charge in [0.25, 0.3) is 0 Å². The zero-order chi connectivity index (χ0) is 19.2. The number of hydrogen-bond acceptors (Lipinski definition) is 4. The molecule has 5 atom stereocenters. The number of hydrogen-bond donors (Lipinski definition) is 2. The molecular formula is C22H28O5. The van der Waals surface area contributed by atoms with Crippen molar-refractivity contribution in [2.75, 3.05) is 0 Å². The maximum absolute atomic E-state index is 12.1. The van der Waals surface area contributed by atoms with Crippen molar-refractivity contribution in [2.24, 2.45) is 17.3 Å². The molecule has 5 nitrogen and oxygen atoms in total. The van der Waals surface area contributed by atoms with E-state index in [1.807, 2.05) is 6.07 Å². The fraction of sp³-hybridized carbons (Fsp3) is 0.636. The zero-order valence-electron chi connectivity index (χ0n) is 15.8. The van der Waals surface area contributed by atoms with E-state index in [1.54, 1.807) is 6.07 Å². The molecular weight excluding hydrogens is 344 g/mol. The maximum Gasteiger partial charge on any atom is 0.306 e. The summed E-state index contributed by atoms with van der Waals surface area (Å²) in [4.78, 5) is 22.8. The second-order valence-electron chi connectivity index (χ2n) is 8.79. The van der Waals surface area contributed by atoms with Gasteiger partial charge in [-0.25, -0.2) is 0 Å². The van der Waals surface area contributed by atoms with Crippen molar-refractivity contribution in [1.29, 1.82) is 0 Å². The molecule has 1 aromatic rings. The van der Waals surface area contributed by atoms with E-state index in [0.29, 0.717) is 23.5 Å². The molecule has 2 saturated carbocycles. The summed E-state index contributed by atoms with van der Waals surface area (Å²) < 4.78 is 5.76. The van der Waals surface area contributed by atoms with Gasteiger partial charge in [-0.3, -0.25) is 9.59 Å². The minimum atomic E-state index is -0.963. The fourth-order valence-corrected chi connectivity index (χ4v) is 6.14. The molecule has 3 aliphatic rings. The topological polar surface area (TPSA) is 83.8 Å². The third-order valence-corrected chi connectivity index (χ3v) is 7.44.